The highest BCUT2D eigenvalue weighted by molar-refractivity contribution is 6.04. The molecular weight excluding hydrogens is 483 g/mol. The zero-order valence-electron chi connectivity index (χ0n) is 19.9. The van der Waals surface area contributed by atoms with Gasteiger partial charge in [0.1, 0.15) is 0 Å². The van der Waals surface area contributed by atoms with Gasteiger partial charge in [-0.15, -0.1) is 0 Å². The number of anilines is 1. The Morgan fingerprint density at radius 2 is 2.03 bits per heavy atom. The molecule has 2 N–H and O–H groups in total. The van der Waals surface area contributed by atoms with Gasteiger partial charge in [0.15, 0.2) is 0 Å². The van der Waals surface area contributed by atoms with Crippen molar-refractivity contribution >= 4 is 11.6 Å². The van der Waals surface area contributed by atoms with Crippen molar-refractivity contribution in [2.24, 2.45) is 0 Å². The molecule has 2 aromatic carbocycles. The number of ether oxygens (including phenoxy) is 1. The number of rotatable bonds is 5. The summed E-state index contributed by atoms with van der Waals surface area (Å²) in [4.78, 5) is 17.3. The van der Waals surface area contributed by atoms with Crippen LogP contribution in [0.4, 0.5) is 18.9 Å². The quantitative estimate of drug-likeness (QED) is 0.389. The smallest absolute Gasteiger partial charge is 0.378 e. The van der Waals surface area contributed by atoms with Crippen LogP contribution < -0.4 is 10.6 Å². The first-order valence-corrected chi connectivity index (χ1v) is 11.7. The molecule has 1 amide bonds. The number of carbonyl (C=O) groups excluding carboxylic acids is 1. The van der Waals surface area contributed by atoms with Crippen LogP contribution in [0.1, 0.15) is 33.2 Å². The fourth-order valence-corrected chi connectivity index (χ4v) is 4.25. The summed E-state index contributed by atoms with van der Waals surface area (Å²) in [5.41, 5.74) is 3.78. The van der Waals surface area contributed by atoms with Gasteiger partial charge >= 0.3 is 6.18 Å². The maximum absolute atomic E-state index is 13.0. The molecule has 4 aromatic rings. The fraction of sp³-hybridized carbons (Fsp3) is 0.222. The van der Waals surface area contributed by atoms with Crippen LogP contribution in [0.2, 0.25) is 0 Å². The summed E-state index contributed by atoms with van der Waals surface area (Å²) in [6, 6.07) is 13.4. The van der Waals surface area contributed by atoms with Crippen LogP contribution in [0.15, 0.2) is 73.2 Å². The van der Waals surface area contributed by atoms with Gasteiger partial charge in [0.2, 0.25) is 0 Å². The standard InChI is InChI=1S/C27H24F3N5O2/c1-17-7-8-21(34-26(36)18-4-2-5-20(12-18)27(28,29)30)13-24(17)35-15-19(14-33-35)22-6-3-9-32-25(22)23-16-37-11-10-31-23/h2-9,12-15,23,31H,10-11,16H2,1H3,(H,34,36). The molecule has 2 aromatic heterocycles. The predicted octanol–water partition coefficient (Wildman–Crippen LogP) is 5.17. The van der Waals surface area contributed by atoms with Crippen molar-refractivity contribution in [2.45, 2.75) is 19.1 Å². The monoisotopic (exact) mass is 507 g/mol. The van der Waals surface area contributed by atoms with E-state index in [1.807, 2.05) is 31.3 Å². The molecule has 3 heterocycles. The second kappa shape index (κ2) is 10.2. The highest BCUT2D eigenvalue weighted by Gasteiger charge is 2.31. The molecule has 0 aliphatic carbocycles. The number of pyridine rings is 1. The average molecular weight is 508 g/mol. The van der Waals surface area contributed by atoms with E-state index < -0.39 is 17.6 Å². The van der Waals surface area contributed by atoms with Crippen LogP contribution >= 0.6 is 0 Å². The third-order valence-corrected chi connectivity index (χ3v) is 6.15. The second-order valence-corrected chi connectivity index (χ2v) is 8.73. The Bertz CT molecular complexity index is 1430. The number of hydrogen-bond acceptors (Lipinski definition) is 5. The summed E-state index contributed by atoms with van der Waals surface area (Å²) < 4.78 is 46.4. The molecule has 1 unspecified atom stereocenters. The summed E-state index contributed by atoms with van der Waals surface area (Å²) in [6.45, 7) is 3.85. The second-order valence-electron chi connectivity index (χ2n) is 8.73. The molecular formula is C27H24F3N5O2. The van der Waals surface area contributed by atoms with Crippen molar-refractivity contribution in [3.05, 3.63) is 95.6 Å². The van der Waals surface area contributed by atoms with Gasteiger partial charge in [0.25, 0.3) is 5.91 Å². The molecule has 37 heavy (non-hydrogen) atoms. The van der Waals surface area contributed by atoms with Gasteiger partial charge in [-0.3, -0.25) is 9.78 Å². The number of carbonyl (C=O) groups is 1. The molecule has 5 rings (SSSR count). The summed E-state index contributed by atoms with van der Waals surface area (Å²) >= 11 is 0. The van der Waals surface area contributed by atoms with Crippen molar-refractivity contribution in [3.63, 3.8) is 0 Å². The number of hydrogen-bond donors (Lipinski definition) is 2. The summed E-state index contributed by atoms with van der Waals surface area (Å²) in [6.07, 6.45) is 0.849. The zero-order chi connectivity index (χ0) is 26.0. The van der Waals surface area contributed by atoms with Crippen LogP contribution in [0, 0.1) is 6.92 Å². The molecule has 190 valence electrons. The van der Waals surface area contributed by atoms with Gasteiger partial charge in [-0.25, -0.2) is 4.68 Å². The van der Waals surface area contributed by atoms with Gasteiger partial charge in [0, 0.05) is 41.3 Å². The largest absolute Gasteiger partial charge is 0.416 e. The van der Waals surface area contributed by atoms with E-state index in [0.717, 1.165) is 46.7 Å². The van der Waals surface area contributed by atoms with E-state index in [4.69, 9.17) is 4.74 Å². The SMILES string of the molecule is Cc1ccc(NC(=O)c2cccc(C(F)(F)F)c2)cc1-n1cc(-c2cccnc2C2COCCN2)cn1. The van der Waals surface area contributed by atoms with E-state index in [0.29, 0.717) is 18.9 Å². The first kappa shape index (κ1) is 24.7. The van der Waals surface area contributed by atoms with E-state index in [2.05, 4.69) is 20.7 Å². The first-order valence-electron chi connectivity index (χ1n) is 11.7. The maximum atomic E-state index is 13.0. The van der Waals surface area contributed by atoms with Gasteiger partial charge in [-0.05, 0) is 48.9 Å². The predicted molar refractivity (Wildman–Crippen MR) is 132 cm³/mol. The van der Waals surface area contributed by atoms with E-state index in [1.54, 1.807) is 29.2 Å². The number of benzene rings is 2. The first-order chi connectivity index (χ1) is 17.8. The minimum Gasteiger partial charge on any atom is -0.378 e. The van der Waals surface area contributed by atoms with Gasteiger partial charge in [-0.2, -0.15) is 18.3 Å². The molecule has 1 aliphatic rings. The maximum Gasteiger partial charge on any atom is 0.416 e. The Balaban J connectivity index is 1.40. The molecule has 10 heteroatoms. The highest BCUT2D eigenvalue weighted by Crippen LogP contribution is 2.31. The van der Waals surface area contributed by atoms with E-state index in [-0.39, 0.29) is 11.6 Å². The lowest BCUT2D eigenvalue weighted by atomic mass is 10.0. The van der Waals surface area contributed by atoms with Gasteiger partial charge in [-0.1, -0.05) is 18.2 Å². The molecule has 7 nitrogen and oxygen atoms in total. The normalized spacial score (nSPS) is 15.9. The number of alkyl halides is 3. The van der Waals surface area contributed by atoms with Crippen LogP contribution in [-0.4, -0.2) is 40.4 Å². The summed E-state index contributed by atoms with van der Waals surface area (Å²) in [7, 11) is 0. The number of halogens is 3. The Hall–Kier alpha value is -4.02. The lowest BCUT2D eigenvalue weighted by Crippen LogP contribution is -2.35. The van der Waals surface area contributed by atoms with E-state index >= 15 is 0 Å². The lowest BCUT2D eigenvalue weighted by Gasteiger charge is -2.24. The van der Waals surface area contributed by atoms with Crippen LogP contribution in [0.5, 0.6) is 0 Å². The van der Waals surface area contributed by atoms with Crippen molar-refractivity contribution in [1.82, 2.24) is 20.1 Å². The molecule has 0 saturated carbocycles. The number of morpholine rings is 1. The molecule has 1 saturated heterocycles. The van der Waals surface area contributed by atoms with E-state index in [9.17, 15) is 18.0 Å². The number of aryl methyl sites for hydroxylation is 1. The average Bonchev–Trinajstić information content (AvgIpc) is 3.40. The van der Waals surface area contributed by atoms with E-state index in [1.165, 1.54) is 12.1 Å². The van der Waals surface area contributed by atoms with Gasteiger partial charge in [0.05, 0.1) is 42.4 Å². The highest BCUT2D eigenvalue weighted by atomic mass is 19.4. The zero-order valence-corrected chi connectivity index (χ0v) is 19.9. The van der Waals surface area contributed by atoms with Crippen LogP contribution in [-0.2, 0) is 10.9 Å². The lowest BCUT2D eigenvalue weighted by molar-refractivity contribution is -0.137. The van der Waals surface area contributed by atoms with Gasteiger partial charge < -0.3 is 15.4 Å². The van der Waals surface area contributed by atoms with Crippen molar-refractivity contribution < 1.29 is 22.7 Å². The number of aromatic nitrogens is 3. The van der Waals surface area contributed by atoms with Crippen molar-refractivity contribution in [1.29, 1.82) is 0 Å². The molecule has 1 fully saturated rings. The summed E-state index contributed by atoms with van der Waals surface area (Å²) in [5, 5.41) is 10.6. The number of nitrogens with one attached hydrogen (secondary N) is 2. The molecule has 1 aliphatic heterocycles. The Morgan fingerprint density at radius 3 is 2.81 bits per heavy atom. The summed E-state index contributed by atoms with van der Waals surface area (Å²) in [5.74, 6) is -0.635. The minimum atomic E-state index is -4.53. The minimum absolute atomic E-state index is 0.0237. The molecule has 0 spiro atoms. The number of nitrogens with zero attached hydrogens (tertiary/aromatic N) is 3. The Labute approximate surface area is 211 Å². The number of amides is 1. The molecule has 1 atom stereocenters. The fourth-order valence-electron chi connectivity index (χ4n) is 4.25. The van der Waals surface area contributed by atoms with Crippen LogP contribution in [0.25, 0.3) is 16.8 Å². The van der Waals surface area contributed by atoms with Crippen LogP contribution in [0.3, 0.4) is 0 Å². The Kier molecular flexibility index (Phi) is 6.77. The Morgan fingerprint density at radius 1 is 1.16 bits per heavy atom. The third-order valence-electron chi connectivity index (χ3n) is 6.15. The van der Waals surface area contributed by atoms with Crippen molar-refractivity contribution in [3.8, 4) is 16.8 Å². The molecule has 0 radical (unpaired) electrons. The molecule has 0 bridgehead atoms. The van der Waals surface area contributed by atoms with Crippen molar-refractivity contribution in [2.75, 3.05) is 25.1 Å². The third kappa shape index (κ3) is 5.40. The topological polar surface area (TPSA) is 81.1 Å².